The Morgan fingerprint density at radius 2 is 1.94 bits per heavy atom. The Kier molecular flexibility index (Phi) is 7.91. The largest absolute Gasteiger partial charge is 0.505 e. The third kappa shape index (κ3) is 6.22. The number of nitrogens with zero attached hydrogens (tertiary/aromatic N) is 1. The van der Waals surface area contributed by atoms with Gasteiger partial charge < -0.3 is 18.8 Å². The second kappa shape index (κ2) is 10.8. The van der Waals surface area contributed by atoms with E-state index in [2.05, 4.69) is 24.4 Å². The fraction of sp³-hybridized carbons (Fsp3) is 0.318. The average molecular weight is 446 g/mol. The quantitative estimate of drug-likeness (QED) is 0.193. The number of fused-ring (bicyclic) bond motifs is 1. The SMILES string of the molecule is C=C(C)C(=O)OCCOc1ccc(N2Nc3ccc(SOCCCC)cc3N2)c(O)c1. The van der Waals surface area contributed by atoms with Crippen LogP contribution in [0.3, 0.4) is 0 Å². The van der Waals surface area contributed by atoms with Crippen LogP contribution >= 0.6 is 12.0 Å². The number of rotatable bonds is 11. The van der Waals surface area contributed by atoms with Gasteiger partial charge in [-0.2, -0.15) is 5.12 Å². The van der Waals surface area contributed by atoms with E-state index in [9.17, 15) is 9.90 Å². The first-order valence-corrected chi connectivity index (χ1v) is 10.8. The van der Waals surface area contributed by atoms with Crippen molar-refractivity contribution in [3.63, 3.8) is 0 Å². The van der Waals surface area contributed by atoms with E-state index >= 15 is 0 Å². The van der Waals surface area contributed by atoms with Gasteiger partial charge in [0, 0.05) is 28.6 Å². The average Bonchev–Trinajstić information content (AvgIpc) is 3.17. The van der Waals surface area contributed by atoms with Crippen LogP contribution in [0.2, 0.25) is 0 Å². The van der Waals surface area contributed by atoms with Crippen molar-refractivity contribution in [3.05, 3.63) is 48.6 Å². The van der Waals surface area contributed by atoms with E-state index in [-0.39, 0.29) is 19.0 Å². The van der Waals surface area contributed by atoms with Gasteiger partial charge in [0.25, 0.3) is 0 Å². The van der Waals surface area contributed by atoms with E-state index in [0.29, 0.717) is 23.6 Å². The van der Waals surface area contributed by atoms with Gasteiger partial charge in [-0.05, 0) is 43.7 Å². The van der Waals surface area contributed by atoms with Gasteiger partial charge in [0.15, 0.2) is 0 Å². The topological polar surface area (TPSA) is 92.3 Å². The van der Waals surface area contributed by atoms with E-state index in [1.165, 1.54) is 18.1 Å². The van der Waals surface area contributed by atoms with Crippen molar-refractivity contribution in [2.24, 2.45) is 0 Å². The standard InChI is InChI=1S/C22H27N3O5S/c1-4-5-10-30-31-17-7-8-18-19(14-17)24-25(23-18)20-9-6-16(13-21(20)26)28-11-12-29-22(27)15(2)3/h6-9,13-14,23-24,26H,2,4-5,10-12H2,1,3H3. The third-order valence-electron chi connectivity index (χ3n) is 4.31. The molecule has 0 bridgehead atoms. The summed E-state index contributed by atoms with van der Waals surface area (Å²) in [5.41, 5.74) is 9.04. The van der Waals surface area contributed by atoms with E-state index < -0.39 is 5.97 Å². The highest BCUT2D eigenvalue weighted by molar-refractivity contribution is 7.94. The molecule has 2 aromatic rings. The van der Waals surface area contributed by atoms with Gasteiger partial charge in [-0.15, -0.1) is 0 Å². The molecule has 1 aliphatic rings. The summed E-state index contributed by atoms with van der Waals surface area (Å²) in [6.45, 7) is 8.22. The number of hydrazine groups is 2. The van der Waals surface area contributed by atoms with Crippen molar-refractivity contribution in [1.82, 2.24) is 0 Å². The molecule has 31 heavy (non-hydrogen) atoms. The zero-order valence-corrected chi connectivity index (χ0v) is 18.5. The van der Waals surface area contributed by atoms with Crippen LogP contribution in [0.15, 0.2) is 53.4 Å². The Hall–Kier alpha value is -3.04. The number of carbonyl (C=O) groups is 1. The Morgan fingerprint density at radius 1 is 1.13 bits per heavy atom. The van der Waals surface area contributed by atoms with Gasteiger partial charge in [0.05, 0.1) is 18.0 Å². The summed E-state index contributed by atoms with van der Waals surface area (Å²) in [4.78, 5) is 12.3. The number of unbranched alkanes of at least 4 members (excludes halogenated alkanes) is 1. The van der Waals surface area contributed by atoms with Crippen LogP contribution in [-0.2, 0) is 13.7 Å². The van der Waals surface area contributed by atoms with Gasteiger partial charge in [-0.3, -0.25) is 10.9 Å². The number of ether oxygens (including phenoxy) is 2. The number of esters is 1. The molecule has 9 heteroatoms. The molecule has 3 N–H and O–H groups in total. The zero-order valence-electron chi connectivity index (χ0n) is 17.6. The summed E-state index contributed by atoms with van der Waals surface area (Å²) in [6, 6.07) is 10.9. The van der Waals surface area contributed by atoms with Crippen molar-refractivity contribution in [3.8, 4) is 11.5 Å². The maximum atomic E-state index is 11.3. The van der Waals surface area contributed by atoms with Crippen molar-refractivity contribution in [2.45, 2.75) is 31.6 Å². The second-order valence-corrected chi connectivity index (χ2v) is 7.81. The molecule has 0 saturated heterocycles. The summed E-state index contributed by atoms with van der Waals surface area (Å²) >= 11 is 1.35. The minimum absolute atomic E-state index is 0.0294. The number of carbonyl (C=O) groups excluding carboxylic acids is 1. The van der Waals surface area contributed by atoms with E-state index in [1.807, 2.05) is 18.2 Å². The molecular weight excluding hydrogens is 418 g/mol. The summed E-state index contributed by atoms with van der Waals surface area (Å²) in [6.07, 6.45) is 2.13. The van der Waals surface area contributed by atoms with Crippen LogP contribution < -0.4 is 20.7 Å². The molecule has 0 unspecified atom stereocenters. The predicted octanol–water partition coefficient (Wildman–Crippen LogP) is 4.89. The maximum Gasteiger partial charge on any atom is 0.333 e. The molecule has 0 aromatic heterocycles. The first kappa shape index (κ1) is 22.6. The smallest absolute Gasteiger partial charge is 0.333 e. The molecule has 166 valence electrons. The number of phenols is 1. The number of benzene rings is 2. The highest BCUT2D eigenvalue weighted by Gasteiger charge is 2.21. The molecule has 0 aliphatic carbocycles. The van der Waals surface area contributed by atoms with Crippen molar-refractivity contribution >= 4 is 35.1 Å². The van der Waals surface area contributed by atoms with Crippen molar-refractivity contribution in [1.29, 1.82) is 0 Å². The van der Waals surface area contributed by atoms with Gasteiger partial charge in [0.2, 0.25) is 0 Å². The van der Waals surface area contributed by atoms with Crippen LogP contribution in [0.4, 0.5) is 17.1 Å². The summed E-state index contributed by atoms with van der Waals surface area (Å²) in [5, 5.41) is 12.1. The minimum Gasteiger partial charge on any atom is -0.505 e. The van der Waals surface area contributed by atoms with Gasteiger partial charge in [-0.1, -0.05) is 19.9 Å². The van der Waals surface area contributed by atoms with Crippen molar-refractivity contribution in [2.75, 3.05) is 35.8 Å². The van der Waals surface area contributed by atoms with E-state index in [1.54, 1.807) is 24.2 Å². The Morgan fingerprint density at radius 3 is 2.68 bits per heavy atom. The zero-order chi connectivity index (χ0) is 22.2. The molecule has 0 atom stereocenters. The van der Waals surface area contributed by atoms with Crippen molar-refractivity contribution < 1.29 is 23.6 Å². The molecule has 0 spiro atoms. The third-order valence-corrected chi connectivity index (χ3v) is 5.04. The number of nitrogens with one attached hydrogen (secondary N) is 2. The minimum atomic E-state index is -0.457. The Labute approximate surface area is 186 Å². The van der Waals surface area contributed by atoms with Crippen LogP contribution in [0.25, 0.3) is 0 Å². The fourth-order valence-corrected chi connectivity index (χ4v) is 3.29. The predicted molar refractivity (Wildman–Crippen MR) is 122 cm³/mol. The number of hydrogen-bond donors (Lipinski definition) is 3. The van der Waals surface area contributed by atoms with Gasteiger partial charge >= 0.3 is 5.97 Å². The molecule has 1 heterocycles. The van der Waals surface area contributed by atoms with Crippen LogP contribution in [-0.4, -0.2) is 30.9 Å². The second-order valence-electron chi connectivity index (χ2n) is 6.94. The molecule has 2 aromatic carbocycles. The molecule has 8 nitrogen and oxygen atoms in total. The van der Waals surface area contributed by atoms with E-state index in [0.717, 1.165) is 29.1 Å². The monoisotopic (exact) mass is 445 g/mol. The lowest BCUT2D eigenvalue weighted by atomic mass is 10.3. The van der Waals surface area contributed by atoms with Crippen LogP contribution in [0.5, 0.6) is 11.5 Å². The highest BCUT2D eigenvalue weighted by atomic mass is 32.2. The molecular formula is C22H27N3O5S. The number of hydrogen-bond acceptors (Lipinski definition) is 9. The lowest BCUT2D eigenvalue weighted by molar-refractivity contribution is -0.139. The summed E-state index contributed by atoms with van der Waals surface area (Å²) in [7, 11) is 0. The number of aromatic hydroxyl groups is 1. The first-order chi connectivity index (χ1) is 15.0. The first-order valence-electron chi connectivity index (χ1n) is 10.0. The molecule has 0 saturated carbocycles. The molecule has 3 rings (SSSR count). The lowest BCUT2D eigenvalue weighted by Gasteiger charge is -2.20. The lowest BCUT2D eigenvalue weighted by Crippen LogP contribution is -2.29. The molecule has 0 radical (unpaired) electrons. The maximum absolute atomic E-state index is 11.3. The normalized spacial score (nSPS) is 12.0. The molecule has 0 fully saturated rings. The molecule has 1 aliphatic heterocycles. The van der Waals surface area contributed by atoms with Gasteiger partial charge in [-0.25, -0.2) is 4.79 Å². The fourth-order valence-electron chi connectivity index (χ4n) is 2.67. The molecule has 0 amide bonds. The van der Waals surface area contributed by atoms with E-state index in [4.69, 9.17) is 13.7 Å². The van der Waals surface area contributed by atoms with Gasteiger partial charge in [0.1, 0.15) is 30.4 Å². The summed E-state index contributed by atoms with van der Waals surface area (Å²) in [5.74, 6) is 0.0376. The number of anilines is 3. The Bertz CT molecular complexity index is 937. The highest BCUT2D eigenvalue weighted by Crippen LogP contribution is 2.38. The van der Waals surface area contributed by atoms with Crippen LogP contribution in [0.1, 0.15) is 26.7 Å². The number of phenolic OH excluding ortho intramolecular Hbond substituents is 1. The summed E-state index contributed by atoms with van der Waals surface area (Å²) < 4.78 is 16.1. The Balaban J connectivity index is 1.54. The van der Waals surface area contributed by atoms with Crippen LogP contribution in [0, 0.1) is 0 Å².